The first-order valence-electron chi connectivity index (χ1n) is 9.05. The van der Waals surface area contributed by atoms with Gasteiger partial charge in [0.25, 0.3) is 0 Å². The highest BCUT2D eigenvalue weighted by Crippen LogP contribution is 2.26. The van der Waals surface area contributed by atoms with Crippen molar-refractivity contribution >= 4 is 17.5 Å². The van der Waals surface area contributed by atoms with Gasteiger partial charge in [0.1, 0.15) is 11.6 Å². The molecule has 27 heavy (non-hydrogen) atoms. The molecule has 1 amide bonds. The van der Waals surface area contributed by atoms with Crippen LogP contribution in [0.15, 0.2) is 23.0 Å². The van der Waals surface area contributed by atoms with Gasteiger partial charge in [0.05, 0.1) is 12.5 Å². The van der Waals surface area contributed by atoms with Crippen LogP contribution >= 0.6 is 11.6 Å². The minimum Gasteiger partial charge on any atom is -0.355 e. The molecule has 1 aliphatic heterocycles. The number of nitrogens with zero attached hydrogens (tertiary/aromatic N) is 3. The average Bonchev–Trinajstić information content (AvgIpc) is 2.92. The molecular weight excluding hydrogens is 371 g/mol. The van der Waals surface area contributed by atoms with Gasteiger partial charge in [-0.3, -0.25) is 9.36 Å². The Morgan fingerprint density at radius 3 is 2.81 bits per heavy atom. The number of nitrogens with one attached hydrogen (secondary N) is 1. The molecule has 1 aromatic carbocycles. The summed E-state index contributed by atoms with van der Waals surface area (Å²) in [7, 11) is 0. The van der Waals surface area contributed by atoms with E-state index in [1.54, 1.807) is 6.07 Å². The van der Waals surface area contributed by atoms with Crippen molar-refractivity contribution in [3.8, 4) is 0 Å². The van der Waals surface area contributed by atoms with E-state index >= 15 is 0 Å². The second-order valence-corrected chi connectivity index (χ2v) is 8.53. The number of halogens is 2. The van der Waals surface area contributed by atoms with E-state index in [4.69, 9.17) is 11.6 Å². The smallest absolute Gasteiger partial charge is 0.346 e. The van der Waals surface area contributed by atoms with E-state index in [2.05, 4.69) is 10.4 Å². The molecule has 0 saturated carbocycles. The molecule has 0 saturated heterocycles. The summed E-state index contributed by atoms with van der Waals surface area (Å²) in [6.45, 7) is 7.09. The number of carbonyl (C=O) groups excluding carboxylic acids is 1. The Morgan fingerprint density at radius 2 is 2.15 bits per heavy atom. The minimum atomic E-state index is -0.486. The Morgan fingerprint density at radius 1 is 1.41 bits per heavy atom. The topological polar surface area (TPSA) is 68.9 Å². The standard InChI is InChI=1S/C19H24ClFN4O2/c1-19(2,3)11-22-17(26)12-6-5-9-24-16(12)23-25(18(24)27)10-13-14(20)7-4-8-15(13)21/h4,7-8,12H,5-6,9-11H2,1-3H3,(H,22,26). The first-order chi connectivity index (χ1) is 12.7. The maximum Gasteiger partial charge on any atom is 0.346 e. The molecular formula is C19H24ClFN4O2. The van der Waals surface area contributed by atoms with E-state index in [-0.39, 0.29) is 34.1 Å². The lowest BCUT2D eigenvalue weighted by molar-refractivity contribution is -0.123. The molecule has 0 fully saturated rings. The number of aromatic nitrogens is 3. The molecule has 0 spiro atoms. The molecule has 1 unspecified atom stereocenters. The Kier molecular flexibility index (Phi) is 5.42. The molecule has 1 atom stereocenters. The van der Waals surface area contributed by atoms with Crippen molar-refractivity contribution in [2.24, 2.45) is 5.41 Å². The van der Waals surface area contributed by atoms with Gasteiger partial charge in [-0.25, -0.2) is 13.9 Å². The second-order valence-electron chi connectivity index (χ2n) is 8.12. The van der Waals surface area contributed by atoms with Crippen LogP contribution in [0.3, 0.4) is 0 Å². The van der Waals surface area contributed by atoms with Crippen LogP contribution in [0.25, 0.3) is 0 Å². The quantitative estimate of drug-likeness (QED) is 0.866. The highest BCUT2D eigenvalue weighted by atomic mass is 35.5. The third-order valence-electron chi connectivity index (χ3n) is 4.62. The molecule has 1 N–H and O–H groups in total. The van der Waals surface area contributed by atoms with Gasteiger partial charge < -0.3 is 5.32 Å². The number of hydrogen-bond acceptors (Lipinski definition) is 3. The Balaban J connectivity index is 1.88. The van der Waals surface area contributed by atoms with E-state index in [1.807, 2.05) is 20.8 Å². The fourth-order valence-corrected chi connectivity index (χ4v) is 3.39. The number of benzene rings is 1. The SMILES string of the molecule is CC(C)(C)CNC(=O)C1CCCn2c1nn(Cc1c(F)cccc1Cl)c2=O. The number of hydrogen-bond donors (Lipinski definition) is 1. The Hall–Kier alpha value is -2.15. The van der Waals surface area contributed by atoms with Crippen molar-refractivity contribution in [2.45, 2.75) is 52.6 Å². The van der Waals surface area contributed by atoms with E-state index in [1.165, 1.54) is 21.4 Å². The van der Waals surface area contributed by atoms with Crippen LogP contribution in [0.5, 0.6) is 0 Å². The number of fused-ring (bicyclic) bond motifs is 1. The zero-order chi connectivity index (χ0) is 19.8. The first kappa shape index (κ1) is 19.6. The summed E-state index contributed by atoms with van der Waals surface area (Å²) in [4.78, 5) is 25.3. The van der Waals surface area contributed by atoms with Crippen LogP contribution in [0.1, 0.15) is 50.9 Å². The molecule has 2 heterocycles. The number of carbonyl (C=O) groups is 1. The van der Waals surface area contributed by atoms with E-state index in [0.29, 0.717) is 31.8 Å². The van der Waals surface area contributed by atoms with Gasteiger partial charge in [0.2, 0.25) is 5.91 Å². The Bertz CT molecular complexity index is 893. The van der Waals surface area contributed by atoms with Crippen molar-refractivity contribution in [3.05, 3.63) is 50.9 Å². The fourth-order valence-electron chi connectivity index (χ4n) is 3.17. The summed E-state index contributed by atoms with van der Waals surface area (Å²) in [5.41, 5.74) is -0.173. The summed E-state index contributed by atoms with van der Waals surface area (Å²) in [6, 6.07) is 4.38. The van der Waals surface area contributed by atoms with Crippen molar-refractivity contribution in [1.82, 2.24) is 19.7 Å². The number of rotatable bonds is 4. The molecule has 146 valence electrons. The van der Waals surface area contributed by atoms with Gasteiger partial charge in [0, 0.05) is 23.7 Å². The van der Waals surface area contributed by atoms with Crippen molar-refractivity contribution in [1.29, 1.82) is 0 Å². The van der Waals surface area contributed by atoms with Crippen LogP contribution in [0.2, 0.25) is 5.02 Å². The van der Waals surface area contributed by atoms with Gasteiger partial charge in [0.15, 0.2) is 0 Å². The average molecular weight is 395 g/mol. The zero-order valence-corrected chi connectivity index (χ0v) is 16.5. The summed E-state index contributed by atoms with van der Waals surface area (Å²) in [5, 5.41) is 7.54. The second kappa shape index (κ2) is 7.46. The molecule has 6 nitrogen and oxygen atoms in total. The lowest BCUT2D eigenvalue weighted by Crippen LogP contribution is -2.38. The maximum atomic E-state index is 14.1. The lowest BCUT2D eigenvalue weighted by atomic mass is 9.94. The van der Waals surface area contributed by atoms with Gasteiger partial charge in [-0.05, 0) is 30.4 Å². The number of amides is 1. The van der Waals surface area contributed by atoms with Gasteiger partial charge >= 0.3 is 5.69 Å². The predicted octanol–water partition coefficient (Wildman–Crippen LogP) is 2.93. The first-order valence-corrected chi connectivity index (χ1v) is 9.43. The van der Waals surface area contributed by atoms with Gasteiger partial charge in [-0.2, -0.15) is 5.10 Å². The lowest BCUT2D eigenvalue weighted by Gasteiger charge is -2.24. The van der Waals surface area contributed by atoms with Crippen molar-refractivity contribution in [3.63, 3.8) is 0 Å². The molecule has 8 heteroatoms. The molecule has 3 rings (SSSR count). The molecule has 1 aromatic heterocycles. The minimum absolute atomic E-state index is 0.0368. The van der Waals surface area contributed by atoms with Crippen LogP contribution in [-0.4, -0.2) is 26.8 Å². The molecule has 0 bridgehead atoms. The van der Waals surface area contributed by atoms with Crippen LogP contribution in [-0.2, 0) is 17.9 Å². The summed E-state index contributed by atoms with van der Waals surface area (Å²) < 4.78 is 16.8. The van der Waals surface area contributed by atoms with Crippen molar-refractivity contribution < 1.29 is 9.18 Å². The van der Waals surface area contributed by atoms with Crippen LogP contribution < -0.4 is 11.0 Å². The van der Waals surface area contributed by atoms with Crippen molar-refractivity contribution in [2.75, 3.05) is 6.54 Å². The fraction of sp³-hybridized carbons (Fsp3) is 0.526. The Labute approximate surface area is 162 Å². The van der Waals surface area contributed by atoms with Gasteiger partial charge in [-0.1, -0.05) is 38.4 Å². The van der Waals surface area contributed by atoms with Crippen LogP contribution in [0.4, 0.5) is 4.39 Å². The monoisotopic (exact) mass is 394 g/mol. The predicted molar refractivity (Wildman–Crippen MR) is 101 cm³/mol. The summed E-state index contributed by atoms with van der Waals surface area (Å²) in [6.07, 6.45) is 1.35. The largest absolute Gasteiger partial charge is 0.355 e. The zero-order valence-electron chi connectivity index (χ0n) is 15.8. The van der Waals surface area contributed by atoms with E-state index < -0.39 is 11.7 Å². The summed E-state index contributed by atoms with van der Waals surface area (Å²) in [5.74, 6) is -0.664. The normalized spacial score (nSPS) is 16.9. The molecule has 0 aliphatic carbocycles. The highest BCUT2D eigenvalue weighted by Gasteiger charge is 2.32. The highest BCUT2D eigenvalue weighted by molar-refractivity contribution is 6.31. The van der Waals surface area contributed by atoms with E-state index in [0.717, 1.165) is 0 Å². The summed E-state index contributed by atoms with van der Waals surface area (Å²) >= 11 is 6.07. The third-order valence-corrected chi connectivity index (χ3v) is 4.97. The maximum absolute atomic E-state index is 14.1. The molecule has 2 aromatic rings. The van der Waals surface area contributed by atoms with Crippen LogP contribution in [0, 0.1) is 11.2 Å². The third kappa shape index (κ3) is 4.24. The van der Waals surface area contributed by atoms with Gasteiger partial charge in [-0.15, -0.1) is 0 Å². The molecule has 1 aliphatic rings. The van der Waals surface area contributed by atoms with E-state index in [9.17, 15) is 14.0 Å². The molecule has 0 radical (unpaired) electrons.